The van der Waals surface area contributed by atoms with E-state index in [1.165, 1.54) is 0 Å². The highest BCUT2D eigenvalue weighted by Crippen LogP contribution is 2.57. The SMILES string of the molecule is CCCCOc1ccc(C2CCC(C(F)(F)C(F)(F)C(F)(F)C(F)(F)F)CC2)cc1. The van der Waals surface area contributed by atoms with Gasteiger partial charge in [0.1, 0.15) is 5.75 Å². The Hall–Kier alpha value is -1.61. The van der Waals surface area contributed by atoms with E-state index in [0.29, 0.717) is 12.4 Å². The van der Waals surface area contributed by atoms with Crippen LogP contribution in [0.15, 0.2) is 24.3 Å². The number of unbranched alkanes of at least 4 members (excludes halogenated alkanes) is 1. The van der Waals surface area contributed by atoms with Crippen LogP contribution in [-0.2, 0) is 0 Å². The van der Waals surface area contributed by atoms with Gasteiger partial charge in [0.05, 0.1) is 6.61 Å². The highest BCUT2D eigenvalue weighted by molar-refractivity contribution is 5.29. The van der Waals surface area contributed by atoms with E-state index in [2.05, 4.69) is 0 Å². The number of hydrogen-bond donors (Lipinski definition) is 0. The fourth-order valence-corrected chi connectivity index (χ4v) is 3.60. The molecule has 0 aliphatic heterocycles. The first-order chi connectivity index (χ1) is 13.8. The van der Waals surface area contributed by atoms with Gasteiger partial charge in [0.15, 0.2) is 0 Å². The second kappa shape index (κ2) is 8.86. The van der Waals surface area contributed by atoms with Gasteiger partial charge in [0, 0.05) is 5.92 Å². The molecule has 0 unspecified atom stereocenters. The summed E-state index contributed by atoms with van der Waals surface area (Å²) in [7, 11) is 0. The number of halogens is 9. The molecule has 0 radical (unpaired) electrons. The van der Waals surface area contributed by atoms with E-state index in [0.717, 1.165) is 18.4 Å². The molecule has 1 saturated carbocycles. The fraction of sp³-hybridized carbons (Fsp3) is 0.700. The minimum Gasteiger partial charge on any atom is -0.494 e. The van der Waals surface area contributed by atoms with E-state index in [4.69, 9.17) is 4.74 Å². The molecule has 0 heterocycles. The summed E-state index contributed by atoms with van der Waals surface area (Å²) in [6.07, 6.45) is -6.17. The van der Waals surface area contributed by atoms with Gasteiger partial charge in [-0.3, -0.25) is 0 Å². The average Bonchev–Trinajstić information content (AvgIpc) is 2.67. The van der Waals surface area contributed by atoms with Gasteiger partial charge in [-0.25, -0.2) is 0 Å². The van der Waals surface area contributed by atoms with Gasteiger partial charge < -0.3 is 4.74 Å². The molecule has 0 saturated heterocycles. The molecule has 1 aliphatic rings. The number of rotatable bonds is 8. The largest absolute Gasteiger partial charge is 0.494 e. The summed E-state index contributed by atoms with van der Waals surface area (Å²) in [5.74, 6) is -20.8. The van der Waals surface area contributed by atoms with Gasteiger partial charge in [-0.2, -0.15) is 39.5 Å². The maximum absolute atomic E-state index is 14.1. The van der Waals surface area contributed by atoms with Gasteiger partial charge in [0.2, 0.25) is 0 Å². The van der Waals surface area contributed by atoms with Gasteiger partial charge in [0.25, 0.3) is 0 Å². The zero-order chi connectivity index (χ0) is 22.8. The van der Waals surface area contributed by atoms with Crippen molar-refractivity contribution in [2.45, 2.75) is 75.3 Å². The van der Waals surface area contributed by atoms with E-state index < -0.39 is 42.7 Å². The summed E-state index contributed by atoms with van der Waals surface area (Å²) in [5, 5.41) is 0. The van der Waals surface area contributed by atoms with Crippen molar-refractivity contribution in [2.75, 3.05) is 6.61 Å². The van der Waals surface area contributed by atoms with Crippen LogP contribution < -0.4 is 4.74 Å². The molecular formula is C20H23F9O. The maximum Gasteiger partial charge on any atom is 0.460 e. The standard InChI is InChI=1S/C20H23F9O/c1-2-3-12-30-16-10-6-14(7-11-16)13-4-8-15(9-5-13)17(21,22)18(23,24)19(25,26)20(27,28)29/h6-7,10-11,13,15H,2-5,8-9,12H2,1H3. The van der Waals surface area contributed by atoms with Crippen LogP contribution in [0.5, 0.6) is 5.75 Å². The Morgan fingerprint density at radius 1 is 0.800 bits per heavy atom. The van der Waals surface area contributed by atoms with Crippen LogP contribution in [0.25, 0.3) is 0 Å². The van der Waals surface area contributed by atoms with Gasteiger partial charge in [-0.05, 0) is 55.7 Å². The van der Waals surface area contributed by atoms with Crippen molar-refractivity contribution in [1.82, 2.24) is 0 Å². The first-order valence-electron chi connectivity index (χ1n) is 9.68. The molecule has 1 nitrogen and oxygen atoms in total. The smallest absolute Gasteiger partial charge is 0.460 e. The van der Waals surface area contributed by atoms with Crippen LogP contribution >= 0.6 is 0 Å². The lowest BCUT2D eigenvalue weighted by Crippen LogP contribution is -2.63. The highest BCUT2D eigenvalue weighted by Gasteiger charge is 2.82. The van der Waals surface area contributed by atoms with Crippen LogP contribution in [0.1, 0.15) is 56.9 Å². The molecule has 172 valence electrons. The molecule has 1 aliphatic carbocycles. The highest BCUT2D eigenvalue weighted by atomic mass is 19.4. The van der Waals surface area contributed by atoms with Gasteiger partial charge >= 0.3 is 23.9 Å². The number of ether oxygens (including phenoxy) is 1. The number of alkyl halides is 9. The number of hydrogen-bond acceptors (Lipinski definition) is 1. The monoisotopic (exact) mass is 450 g/mol. The zero-order valence-electron chi connectivity index (χ0n) is 16.2. The molecule has 2 rings (SSSR count). The summed E-state index contributed by atoms with van der Waals surface area (Å²) in [6.45, 7) is 2.54. The van der Waals surface area contributed by atoms with Crippen molar-refractivity contribution in [1.29, 1.82) is 0 Å². The molecule has 0 N–H and O–H groups in total. The normalized spacial score (nSPS) is 21.5. The molecule has 0 aromatic heterocycles. The van der Waals surface area contributed by atoms with Crippen molar-refractivity contribution >= 4 is 0 Å². The van der Waals surface area contributed by atoms with Crippen LogP contribution in [0.4, 0.5) is 39.5 Å². The fourth-order valence-electron chi connectivity index (χ4n) is 3.60. The van der Waals surface area contributed by atoms with Crippen molar-refractivity contribution in [3.8, 4) is 5.75 Å². The lowest BCUT2D eigenvalue weighted by molar-refractivity contribution is -0.404. The third-order valence-corrected chi connectivity index (χ3v) is 5.53. The van der Waals surface area contributed by atoms with Crippen LogP contribution in [0.3, 0.4) is 0 Å². The summed E-state index contributed by atoms with van der Waals surface area (Å²) < 4.78 is 124. The molecule has 0 bridgehead atoms. The average molecular weight is 450 g/mol. The molecule has 30 heavy (non-hydrogen) atoms. The predicted octanol–water partition coefficient (Wildman–Crippen LogP) is 7.61. The Balaban J connectivity index is 2.04. The Morgan fingerprint density at radius 3 is 1.80 bits per heavy atom. The van der Waals surface area contributed by atoms with Gasteiger partial charge in [-0.1, -0.05) is 25.5 Å². The van der Waals surface area contributed by atoms with E-state index >= 15 is 0 Å². The van der Waals surface area contributed by atoms with Crippen LogP contribution in [0.2, 0.25) is 0 Å². The molecule has 1 fully saturated rings. The summed E-state index contributed by atoms with van der Waals surface area (Å²) in [4.78, 5) is 0. The van der Waals surface area contributed by atoms with Crippen molar-refractivity contribution in [3.63, 3.8) is 0 Å². The van der Waals surface area contributed by atoms with Crippen molar-refractivity contribution in [3.05, 3.63) is 29.8 Å². The van der Waals surface area contributed by atoms with Crippen LogP contribution in [0, 0.1) is 5.92 Å². The molecule has 1 aromatic rings. The Morgan fingerprint density at radius 2 is 1.33 bits per heavy atom. The molecular weight excluding hydrogens is 427 g/mol. The second-order valence-electron chi connectivity index (χ2n) is 7.59. The first-order valence-corrected chi connectivity index (χ1v) is 9.68. The Labute approximate surface area is 168 Å². The topological polar surface area (TPSA) is 9.23 Å². The quantitative estimate of drug-likeness (QED) is 0.293. The molecule has 1 aromatic carbocycles. The molecule has 0 atom stereocenters. The minimum absolute atomic E-state index is 0.0238. The third kappa shape index (κ3) is 4.66. The second-order valence-corrected chi connectivity index (χ2v) is 7.59. The van der Waals surface area contributed by atoms with Crippen LogP contribution in [-0.4, -0.2) is 30.6 Å². The summed E-state index contributed by atoms with van der Waals surface area (Å²) in [6, 6.07) is 6.78. The molecule has 0 spiro atoms. The van der Waals surface area contributed by atoms with E-state index in [9.17, 15) is 39.5 Å². The molecule has 10 heteroatoms. The first kappa shape index (κ1) is 24.7. The number of benzene rings is 1. The maximum atomic E-state index is 14.1. The van der Waals surface area contributed by atoms with Gasteiger partial charge in [-0.15, -0.1) is 0 Å². The zero-order valence-corrected chi connectivity index (χ0v) is 16.2. The summed E-state index contributed by atoms with van der Waals surface area (Å²) in [5.41, 5.74) is 0.743. The molecule has 0 amide bonds. The van der Waals surface area contributed by atoms with Crippen molar-refractivity contribution < 1.29 is 44.3 Å². The Bertz CT molecular complexity index is 675. The van der Waals surface area contributed by atoms with E-state index in [-0.39, 0.29) is 18.8 Å². The summed E-state index contributed by atoms with van der Waals surface area (Å²) >= 11 is 0. The lowest BCUT2D eigenvalue weighted by atomic mass is 9.74. The predicted molar refractivity (Wildman–Crippen MR) is 92.4 cm³/mol. The van der Waals surface area contributed by atoms with E-state index in [1.807, 2.05) is 6.92 Å². The van der Waals surface area contributed by atoms with E-state index in [1.54, 1.807) is 24.3 Å². The minimum atomic E-state index is -6.83. The lowest BCUT2D eigenvalue weighted by Gasteiger charge is -2.40. The van der Waals surface area contributed by atoms with Crippen molar-refractivity contribution in [2.24, 2.45) is 5.92 Å². The third-order valence-electron chi connectivity index (χ3n) is 5.53. The Kier molecular flexibility index (Phi) is 7.29.